The van der Waals surface area contributed by atoms with Crippen LogP contribution in [0.25, 0.3) is 0 Å². The number of carbonyl (C=O) groups is 3. The average Bonchev–Trinajstić information content (AvgIpc) is 2.66. The fourth-order valence-electron chi connectivity index (χ4n) is 2.62. The van der Waals surface area contributed by atoms with Crippen molar-refractivity contribution in [1.29, 1.82) is 0 Å². The number of hydrogen-bond donors (Lipinski definition) is 0. The molecule has 4 nitrogen and oxygen atoms in total. The molecule has 1 atom stereocenters. The zero-order chi connectivity index (χ0) is 16.9. The highest BCUT2D eigenvalue weighted by Gasteiger charge is 2.45. The number of ether oxygens (including phenoxy) is 1. The number of esters is 1. The van der Waals surface area contributed by atoms with Gasteiger partial charge in [0.15, 0.2) is 5.78 Å². The van der Waals surface area contributed by atoms with Gasteiger partial charge in [0.2, 0.25) is 0 Å². The van der Waals surface area contributed by atoms with Crippen molar-refractivity contribution < 1.29 is 19.1 Å². The molecule has 0 aromatic rings. The van der Waals surface area contributed by atoms with E-state index in [1.54, 1.807) is 20.8 Å². The van der Waals surface area contributed by atoms with Crippen molar-refractivity contribution in [1.82, 2.24) is 0 Å². The van der Waals surface area contributed by atoms with E-state index in [2.05, 4.69) is 0 Å². The number of allylic oxidation sites excluding steroid dienone is 5. The minimum atomic E-state index is -0.911. The van der Waals surface area contributed by atoms with Crippen LogP contribution in [0.2, 0.25) is 0 Å². The molecule has 0 amide bonds. The monoisotopic (exact) mass is 304 g/mol. The van der Waals surface area contributed by atoms with Gasteiger partial charge in [-0.15, -0.1) is 0 Å². The molecule has 0 aromatic heterocycles. The zero-order valence-corrected chi connectivity index (χ0v) is 14.0. The summed E-state index contributed by atoms with van der Waals surface area (Å²) in [6.45, 7) is 6.98. The Bertz CT molecular complexity index is 578. The van der Waals surface area contributed by atoms with Crippen LogP contribution in [0.5, 0.6) is 0 Å². The first-order valence-electron chi connectivity index (χ1n) is 7.39. The topological polar surface area (TPSA) is 60.4 Å². The van der Waals surface area contributed by atoms with Crippen LogP contribution in [0.15, 0.2) is 34.9 Å². The third kappa shape index (κ3) is 4.03. The number of carbonyl (C=O) groups excluding carboxylic acids is 3. The normalized spacial score (nSPS) is 22.6. The Morgan fingerprint density at radius 1 is 1.32 bits per heavy atom. The number of ketones is 2. The number of rotatable bonds is 6. The van der Waals surface area contributed by atoms with E-state index in [1.807, 2.05) is 25.2 Å². The second-order valence-electron chi connectivity index (χ2n) is 5.98. The van der Waals surface area contributed by atoms with E-state index in [4.69, 9.17) is 4.74 Å². The predicted molar refractivity (Wildman–Crippen MR) is 85.3 cm³/mol. The highest BCUT2D eigenvalue weighted by atomic mass is 16.5. The number of methoxy groups -OCH3 is 1. The highest BCUT2D eigenvalue weighted by Crippen LogP contribution is 2.42. The fraction of sp³-hybridized carbons (Fsp3) is 0.500. The lowest BCUT2D eigenvalue weighted by Gasteiger charge is -2.22. The lowest BCUT2D eigenvalue weighted by molar-refractivity contribution is -0.150. The molecule has 1 unspecified atom stereocenters. The minimum Gasteiger partial charge on any atom is -0.468 e. The molecule has 0 aliphatic heterocycles. The smallest absolute Gasteiger partial charge is 0.316 e. The Labute approximate surface area is 131 Å². The molecule has 0 heterocycles. The van der Waals surface area contributed by atoms with Crippen molar-refractivity contribution in [2.45, 2.75) is 47.0 Å². The number of hydrogen-bond acceptors (Lipinski definition) is 4. The molecule has 0 saturated carbocycles. The largest absolute Gasteiger partial charge is 0.468 e. The Morgan fingerprint density at radius 3 is 2.50 bits per heavy atom. The van der Waals surface area contributed by atoms with Gasteiger partial charge in [-0.05, 0) is 45.3 Å². The van der Waals surface area contributed by atoms with Gasteiger partial charge in [0.25, 0.3) is 0 Å². The Morgan fingerprint density at radius 2 is 1.95 bits per heavy atom. The molecule has 0 saturated heterocycles. The molecule has 0 fully saturated rings. The minimum absolute atomic E-state index is 0.0224. The summed E-state index contributed by atoms with van der Waals surface area (Å²) < 4.78 is 4.85. The Kier molecular flexibility index (Phi) is 6.03. The first-order chi connectivity index (χ1) is 10.2. The van der Waals surface area contributed by atoms with Gasteiger partial charge in [-0.1, -0.05) is 23.8 Å². The first-order valence-corrected chi connectivity index (χ1v) is 7.39. The fourth-order valence-corrected chi connectivity index (χ4v) is 2.62. The van der Waals surface area contributed by atoms with Gasteiger partial charge in [0, 0.05) is 12.8 Å². The summed E-state index contributed by atoms with van der Waals surface area (Å²) in [5.41, 5.74) is 1.41. The van der Waals surface area contributed by atoms with Crippen LogP contribution in [0.1, 0.15) is 47.0 Å². The molecule has 0 radical (unpaired) electrons. The van der Waals surface area contributed by atoms with Crippen LogP contribution >= 0.6 is 0 Å². The molecule has 120 valence electrons. The van der Waals surface area contributed by atoms with Gasteiger partial charge in [0.05, 0.1) is 12.5 Å². The lowest BCUT2D eigenvalue weighted by Crippen LogP contribution is -2.29. The molecule has 0 N–H and O–H groups in total. The number of Topliss-reactive ketones (excluding diaryl/α,β-unsaturated/α-hetero) is 2. The molecule has 1 aliphatic rings. The molecular formula is C18H24O4. The maximum atomic E-state index is 12.0. The summed E-state index contributed by atoms with van der Waals surface area (Å²) in [5, 5.41) is 0. The summed E-state index contributed by atoms with van der Waals surface area (Å²) in [6, 6.07) is 0. The standard InChI is InChI=1S/C18H24O4/c1-12(7-6-8-13(2)19)9-10-15-14(3)16(20)11-18(15,4)17(21)22-5/h7,9-10H,6,8,11H2,1-5H3/b10-9+,12-7+. The van der Waals surface area contributed by atoms with Crippen LogP contribution < -0.4 is 0 Å². The van der Waals surface area contributed by atoms with Crippen LogP contribution in [0.3, 0.4) is 0 Å². The van der Waals surface area contributed by atoms with Gasteiger partial charge in [0.1, 0.15) is 5.78 Å². The van der Waals surface area contributed by atoms with E-state index in [1.165, 1.54) is 7.11 Å². The third-order valence-corrected chi connectivity index (χ3v) is 4.04. The zero-order valence-electron chi connectivity index (χ0n) is 14.0. The average molecular weight is 304 g/mol. The van der Waals surface area contributed by atoms with Crippen LogP contribution in [0, 0.1) is 5.41 Å². The van der Waals surface area contributed by atoms with Gasteiger partial charge in [-0.2, -0.15) is 0 Å². The van der Waals surface area contributed by atoms with Crippen molar-refractivity contribution in [2.24, 2.45) is 5.41 Å². The second kappa shape index (κ2) is 7.34. The SMILES string of the molecule is COC(=O)C1(C)CC(=O)C(C)=C1/C=C/C(C)=C/CCC(C)=O. The van der Waals surface area contributed by atoms with Crippen molar-refractivity contribution in [3.63, 3.8) is 0 Å². The molecule has 4 heteroatoms. The van der Waals surface area contributed by atoms with Crippen molar-refractivity contribution in [3.8, 4) is 0 Å². The van der Waals surface area contributed by atoms with Gasteiger partial charge in [-0.3, -0.25) is 9.59 Å². The Hall–Kier alpha value is -1.97. The van der Waals surface area contributed by atoms with Crippen molar-refractivity contribution in [2.75, 3.05) is 7.11 Å². The van der Waals surface area contributed by atoms with E-state index < -0.39 is 11.4 Å². The highest BCUT2D eigenvalue weighted by molar-refractivity contribution is 6.05. The molecule has 0 aromatic carbocycles. The molecule has 0 bridgehead atoms. The summed E-state index contributed by atoms with van der Waals surface area (Å²) in [5.74, 6) is -0.257. The van der Waals surface area contributed by atoms with Crippen molar-refractivity contribution in [3.05, 3.63) is 34.9 Å². The molecular weight excluding hydrogens is 280 g/mol. The van der Waals surface area contributed by atoms with E-state index in [9.17, 15) is 14.4 Å². The van der Waals surface area contributed by atoms with Crippen LogP contribution in [0.4, 0.5) is 0 Å². The van der Waals surface area contributed by atoms with E-state index in [0.717, 1.165) is 5.57 Å². The molecule has 1 aliphatic carbocycles. The maximum Gasteiger partial charge on any atom is 0.316 e. The Balaban J connectivity index is 2.97. The van der Waals surface area contributed by atoms with E-state index >= 15 is 0 Å². The maximum absolute atomic E-state index is 12.0. The first kappa shape index (κ1) is 18.1. The predicted octanol–water partition coefficient (Wildman–Crippen LogP) is 3.33. The summed E-state index contributed by atoms with van der Waals surface area (Å²) >= 11 is 0. The summed E-state index contributed by atoms with van der Waals surface area (Å²) in [4.78, 5) is 34.9. The van der Waals surface area contributed by atoms with Crippen LogP contribution in [-0.2, 0) is 19.1 Å². The second-order valence-corrected chi connectivity index (χ2v) is 5.98. The third-order valence-electron chi connectivity index (χ3n) is 4.04. The summed E-state index contributed by atoms with van der Waals surface area (Å²) in [6.07, 6.45) is 7.02. The van der Waals surface area contributed by atoms with E-state index in [-0.39, 0.29) is 18.0 Å². The van der Waals surface area contributed by atoms with E-state index in [0.29, 0.717) is 24.0 Å². The summed E-state index contributed by atoms with van der Waals surface area (Å²) in [7, 11) is 1.33. The quantitative estimate of drug-likeness (QED) is 0.558. The lowest BCUT2D eigenvalue weighted by atomic mass is 9.82. The molecule has 1 rings (SSSR count). The molecule has 0 spiro atoms. The van der Waals surface area contributed by atoms with Crippen LogP contribution in [-0.4, -0.2) is 24.6 Å². The van der Waals surface area contributed by atoms with Gasteiger partial charge >= 0.3 is 5.97 Å². The van der Waals surface area contributed by atoms with Gasteiger partial charge < -0.3 is 9.53 Å². The molecule has 22 heavy (non-hydrogen) atoms. The van der Waals surface area contributed by atoms with Crippen molar-refractivity contribution >= 4 is 17.5 Å². The van der Waals surface area contributed by atoms with Gasteiger partial charge in [-0.25, -0.2) is 0 Å².